The van der Waals surface area contributed by atoms with Crippen LogP contribution in [-0.2, 0) is 9.47 Å². The second kappa shape index (κ2) is 4.06. The Morgan fingerprint density at radius 3 is 2.56 bits per heavy atom. The van der Waals surface area contributed by atoms with E-state index in [4.69, 9.17) is 21.4 Å². The number of rotatable bonds is 4. The number of halogens is 1. The van der Waals surface area contributed by atoms with E-state index in [0.29, 0.717) is 0 Å². The van der Waals surface area contributed by atoms with Crippen LogP contribution in [0.3, 0.4) is 0 Å². The maximum absolute atomic E-state index is 9.02. The number of alkyl halides is 1. The fraction of sp³-hybridized carbons (Fsp3) is 1.00. The largest absolute Gasteiger partial charge is 0.365 e. The topological polar surface area (TPSA) is 38.7 Å². The number of hydrogen-bond donors (Lipinski definition) is 1. The van der Waals surface area contributed by atoms with Crippen LogP contribution in [0, 0.1) is 0 Å². The average Bonchev–Trinajstić information content (AvgIpc) is 1.84. The molecule has 0 saturated carbocycles. The Kier molecular flexibility index (Phi) is 4.14. The van der Waals surface area contributed by atoms with Crippen molar-refractivity contribution in [1.29, 1.82) is 0 Å². The van der Waals surface area contributed by atoms with Crippen LogP contribution in [0.2, 0.25) is 0 Å². The molecule has 0 rings (SSSR count). The van der Waals surface area contributed by atoms with E-state index in [2.05, 4.69) is 4.74 Å². The molecule has 1 unspecified atom stereocenters. The maximum Gasteiger partial charge on any atom is 0.179 e. The summed E-state index contributed by atoms with van der Waals surface area (Å²) in [5.74, 6) is -1.23. The Hall–Kier alpha value is 0.170. The third-order valence-electron chi connectivity index (χ3n) is 0.736. The van der Waals surface area contributed by atoms with E-state index in [9.17, 15) is 0 Å². The molecule has 0 aliphatic rings. The summed E-state index contributed by atoms with van der Waals surface area (Å²) in [7, 11) is 1.48. The molecular formula is C5H11ClO3. The lowest BCUT2D eigenvalue weighted by Crippen LogP contribution is -2.30. The van der Waals surface area contributed by atoms with Crippen molar-refractivity contribution in [2.45, 2.75) is 12.7 Å². The van der Waals surface area contributed by atoms with Gasteiger partial charge in [-0.25, -0.2) is 0 Å². The van der Waals surface area contributed by atoms with E-state index < -0.39 is 5.79 Å². The molecule has 1 N–H and O–H groups in total. The lowest BCUT2D eigenvalue weighted by Gasteiger charge is -2.19. The van der Waals surface area contributed by atoms with Gasteiger partial charge in [0.25, 0.3) is 0 Å². The lowest BCUT2D eigenvalue weighted by molar-refractivity contribution is -0.218. The van der Waals surface area contributed by atoms with Crippen LogP contribution in [0.1, 0.15) is 6.92 Å². The molecule has 9 heavy (non-hydrogen) atoms. The van der Waals surface area contributed by atoms with Gasteiger partial charge < -0.3 is 14.6 Å². The summed E-state index contributed by atoms with van der Waals surface area (Å²) in [6.07, 6.45) is 0. The molecule has 0 bridgehead atoms. The van der Waals surface area contributed by atoms with Crippen LogP contribution in [0.15, 0.2) is 0 Å². The molecule has 0 aromatic carbocycles. The van der Waals surface area contributed by atoms with Crippen molar-refractivity contribution >= 4 is 11.6 Å². The summed E-state index contributed by atoms with van der Waals surface area (Å²) in [6, 6.07) is 0. The van der Waals surface area contributed by atoms with Crippen molar-refractivity contribution in [2.75, 3.05) is 19.8 Å². The lowest BCUT2D eigenvalue weighted by atomic mass is 10.4. The van der Waals surface area contributed by atoms with Crippen LogP contribution in [-0.4, -0.2) is 30.7 Å². The third-order valence-corrected chi connectivity index (χ3v) is 1.23. The van der Waals surface area contributed by atoms with Crippen LogP contribution >= 0.6 is 11.6 Å². The van der Waals surface area contributed by atoms with Gasteiger partial charge >= 0.3 is 0 Å². The van der Waals surface area contributed by atoms with E-state index in [1.807, 2.05) is 0 Å². The van der Waals surface area contributed by atoms with Gasteiger partial charge in [-0.15, -0.1) is 11.6 Å². The Labute approximate surface area is 59.5 Å². The standard InChI is InChI=1S/C5H11ClO3/c1-5(7,3-6)9-4-8-2/h7H,3-4H2,1-2H3. The summed E-state index contributed by atoms with van der Waals surface area (Å²) < 4.78 is 9.27. The highest BCUT2D eigenvalue weighted by molar-refractivity contribution is 6.18. The summed E-state index contributed by atoms with van der Waals surface area (Å²) in [4.78, 5) is 0. The predicted octanol–water partition coefficient (Wildman–Crippen LogP) is 0.554. The van der Waals surface area contributed by atoms with Crippen molar-refractivity contribution in [3.8, 4) is 0 Å². The van der Waals surface area contributed by atoms with E-state index in [0.717, 1.165) is 0 Å². The molecule has 4 heteroatoms. The van der Waals surface area contributed by atoms with Gasteiger partial charge in [-0.1, -0.05) is 0 Å². The zero-order chi connectivity index (χ0) is 7.33. The maximum atomic E-state index is 9.02. The first-order valence-electron chi connectivity index (χ1n) is 2.53. The minimum Gasteiger partial charge on any atom is -0.365 e. The highest BCUT2D eigenvalue weighted by atomic mass is 35.5. The van der Waals surface area contributed by atoms with Gasteiger partial charge in [-0.3, -0.25) is 0 Å². The molecule has 0 aliphatic carbocycles. The van der Waals surface area contributed by atoms with Gasteiger partial charge in [0.2, 0.25) is 0 Å². The van der Waals surface area contributed by atoms with Crippen LogP contribution in [0.5, 0.6) is 0 Å². The molecule has 0 radical (unpaired) electrons. The monoisotopic (exact) mass is 154 g/mol. The van der Waals surface area contributed by atoms with Crippen LogP contribution in [0.4, 0.5) is 0 Å². The van der Waals surface area contributed by atoms with Crippen molar-refractivity contribution in [2.24, 2.45) is 0 Å². The second-order valence-corrected chi connectivity index (χ2v) is 2.13. The summed E-state index contributed by atoms with van der Waals surface area (Å²) in [6.45, 7) is 1.53. The number of aliphatic hydroxyl groups is 1. The zero-order valence-electron chi connectivity index (χ0n) is 5.56. The zero-order valence-corrected chi connectivity index (χ0v) is 6.31. The van der Waals surface area contributed by atoms with Gasteiger partial charge in [0, 0.05) is 7.11 Å². The Balaban J connectivity index is 3.33. The van der Waals surface area contributed by atoms with Gasteiger partial charge in [0.15, 0.2) is 5.79 Å². The first-order chi connectivity index (χ1) is 4.12. The predicted molar refractivity (Wildman–Crippen MR) is 34.3 cm³/mol. The first-order valence-corrected chi connectivity index (χ1v) is 3.07. The van der Waals surface area contributed by atoms with Gasteiger partial charge in [-0.2, -0.15) is 0 Å². The molecule has 0 aliphatic heterocycles. The Morgan fingerprint density at radius 1 is 1.67 bits per heavy atom. The molecule has 1 atom stereocenters. The smallest absolute Gasteiger partial charge is 0.179 e. The van der Waals surface area contributed by atoms with Gasteiger partial charge in [0.05, 0.1) is 5.88 Å². The van der Waals surface area contributed by atoms with Crippen molar-refractivity contribution in [3.05, 3.63) is 0 Å². The molecule has 56 valence electrons. The fourth-order valence-corrected chi connectivity index (χ4v) is 0.302. The van der Waals surface area contributed by atoms with E-state index in [1.54, 1.807) is 0 Å². The highest BCUT2D eigenvalue weighted by Crippen LogP contribution is 2.06. The fourth-order valence-electron chi connectivity index (χ4n) is 0.224. The quantitative estimate of drug-likeness (QED) is 0.475. The summed E-state index contributed by atoms with van der Waals surface area (Å²) in [5.41, 5.74) is 0. The average molecular weight is 155 g/mol. The van der Waals surface area contributed by atoms with Crippen LogP contribution < -0.4 is 0 Å². The molecule has 0 spiro atoms. The molecule has 0 saturated heterocycles. The molecule has 3 nitrogen and oxygen atoms in total. The Bertz CT molecular complexity index is 74.6. The SMILES string of the molecule is COCOC(C)(O)CCl. The number of methoxy groups -OCH3 is 1. The first kappa shape index (κ1) is 9.17. The second-order valence-electron chi connectivity index (χ2n) is 1.86. The summed E-state index contributed by atoms with van der Waals surface area (Å²) in [5, 5.41) is 9.02. The minimum atomic E-state index is -1.27. The van der Waals surface area contributed by atoms with E-state index >= 15 is 0 Å². The molecule has 0 amide bonds. The normalized spacial score (nSPS) is 17.3. The Morgan fingerprint density at radius 2 is 2.22 bits per heavy atom. The van der Waals surface area contributed by atoms with Gasteiger partial charge in [0.1, 0.15) is 6.79 Å². The van der Waals surface area contributed by atoms with Crippen LogP contribution in [0.25, 0.3) is 0 Å². The van der Waals surface area contributed by atoms with Gasteiger partial charge in [-0.05, 0) is 6.92 Å². The minimum absolute atomic E-state index is 0.0381. The van der Waals surface area contributed by atoms with Crippen molar-refractivity contribution < 1.29 is 14.6 Å². The number of hydrogen-bond acceptors (Lipinski definition) is 3. The molecule has 0 aromatic heterocycles. The molecular weight excluding hydrogens is 144 g/mol. The highest BCUT2D eigenvalue weighted by Gasteiger charge is 2.18. The molecule has 0 aromatic rings. The molecule has 0 fully saturated rings. The third kappa shape index (κ3) is 4.66. The van der Waals surface area contributed by atoms with E-state index in [-0.39, 0.29) is 12.7 Å². The number of ether oxygens (including phenoxy) is 2. The van der Waals surface area contributed by atoms with Crippen molar-refractivity contribution in [1.82, 2.24) is 0 Å². The van der Waals surface area contributed by atoms with Crippen molar-refractivity contribution in [3.63, 3.8) is 0 Å². The molecule has 0 heterocycles. The summed E-state index contributed by atoms with van der Waals surface area (Å²) >= 11 is 5.30. The van der Waals surface area contributed by atoms with E-state index in [1.165, 1.54) is 14.0 Å².